The zero-order chi connectivity index (χ0) is 21.0. The molecule has 2 N–H and O–H groups in total. The fraction of sp³-hybridized carbons (Fsp3) is 0.143. The van der Waals surface area contributed by atoms with E-state index in [9.17, 15) is 19.4 Å². The number of hydrogen-bond acceptors (Lipinski definition) is 7. The SMILES string of the molecule is CCOC(=O)C1=C(O)/C(=C\c2cccc(F)c2O)SC1=Nc1cccc(OC)c1. The number of ether oxygens (including phenoxy) is 2. The minimum absolute atomic E-state index is 0.0955. The molecule has 8 heteroatoms. The van der Waals surface area contributed by atoms with Crippen LogP contribution in [0, 0.1) is 5.82 Å². The Morgan fingerprint density at radius 1 is 1.24 bits per heavy atom. The van der Waals surface area contributed by atoms with Crippen molar-refractivity contribution in [3.8, 4) is 11.5 Å². The Bertz CT molecular complexity index is 1050. The Labute approximate surface area is 171 Å². The van der Waals surface area contributed by atoms with Crippen LogP contribution in [-0.2, 0) is 9.53 Å². The summed E-state index contributed by atoms with van der Waals surface area (Å²) in [6.07, 6.45) is 1.38. The van der Waals surface area contributed by atoms with Crippen LogP contribution in [0.4, 0.5) is 10.1 Å². The Morgan fingerprint density at radius 3 is 2.72 bits per heavy atom. The van der Waals surface area contributed by atoms with E-state index in [-0.39, 0.29) is 33.5 Å². The third-order valence-corrected chi connectivity index (χ3v) is 4.98. The van der Waals surface area contributed by atoms with Crippen LogP contribution in [0.3, 0.4) is 0 Å². The van der Waals surface area contributed by atoms with Crippen LogP contribution in [0.15, 0.2) is 63.7 Å². The predicted molar refractivity (Wildman–Crippen MR) is 110 cm³/mol. The number of para-hydroxylation sites is 1. The fourth-order valence-corrected chi connectivity index (χ4v) is 3.60. The topological polar surface area (TPSA) is 88.4 Å². The van der Waals surface area contributed by atoms with E-state index in [1.165, 1.54) is 25.3 Å². The van der Waals surface area contributed by atoms with Gasteiger partial charge in [-0.1, -0.05) is 30.0 Å². The largest absolute Gasteiger partial charge is 0.506 e. The van der Waals surface area contributed by atoms with Crippen molar-refractivity contribution >= 4 is 34.5 Å². The molecular formula is C21H18FNO5S. The monoisotopic (exact) mass is 415 g/mol. The molecule has 0 atom stereocenters. The van der Waals surface area contributed by atoms with Crippen LogP contribution in [-0.4, -0.2) is 34.9 Å². The van der Waals surface area contributed by atoms with E-state index in [2.05, 4.69) is 4.99 Å². The number of hydrogen-bond donors (Lipinski definition) is 2. The van der Waals surface area contributed by atoms with Gasteiger partial charge in [0, 0.05) is 11.6 Å². The van der Waals surface area contributed by atoms with Gasteiger partial charge < -0.3 is 19.7 Å². The van der Waals surface area contributed by atoms with Gasteiger partial charge in [-0.05, 0) is 31.2 Å². The van der Waals surface area contributed by atoms with E-state index in [0.29, 0.717) is 11.4 Å². The summed E-state index contributed by atoms with van der Waals surface area (Å²) in [5, 5.41) is 20.7. The molecule has 29 heavy (non-hydrogen) atoms. The minimum atomic E-state index is -0.790. The molecule has 0 unspecified atom stereocenters. The fourth-order valence-electron chi connectivity index (χ4n) is 2.58. The first kappa shape index (κ1) is 20.5. The summed E-state index contributed by atoms with van der Waals surface area (Å²) in [6.45, 7) is 1.77. The number of phenolic OH excluding ortho intramolecular Hbond substituents is 1. The molecular weight excluding hydrogens is 397 g/mol. The van der Waals surface area contributed by atoms with Gasteiger partial charge in [0.1, 0.15) is 22.1 Å². The summed E-state index contributed by atoms with van der Waals surface area (Å²) in [5.74, 6) is -1.84. The number of aliphatic hydroxyl groups is 1. The van der Waals surface area contributed by atoms with Gasteiger partial charge in [0.25, 0.3) is 0 Å². The van der Waals surface area contributed by atoms with Gasteiger partial charge in [-0.3, -0.25) is 0 Å². The lowest BCUT2D eigenvalue weighted by Crippen LogP contribution is -2.12. The quantitative estimate of drug-likeness (QED) is 0.686. The third kappa shape index (κ3) is 4.43. The van der Waals surface area contributed by atoms with Crippen LogP contribution in [0.2, 0.25) is 0 Å². The van der Waals surface area contributed by atoms with Crippen molar-refractivity contribution in [2.45, 2.75) is 6.92 Å². The maximum Gasteiger partial charge on any atom is 0.344 e. The van der Waals surface area contributed by atoms with Crippen LogP contribution in [0.25, 0.3) is 6.08 Å². The number of thioether (sulfide) groups is 1. The van der Waals surface area contributed by atoms with Gasteiger partial charge in [0.2, 0.25) is 0 Å². The zero-order valence-electron chi connectivity index (χ0n) is 15.7. The third-order valence-electron chi connectivity index (χ3n) is 3.96. The number of halogens is 1. The van der Waals surface area contributed by atoms with Crippen LogP contribution >= 0.6 is 11.8 Å². The molecule has 0 fully saturated rings. The molecule has 0 amide bonds. The Balaban J connectivity index is 2.07. The van der Waals surface area contributed by atoms with E-state index >= 15 is 0 Å². The summed E-state index contributed by atoms with van der Waals surface area (Å²) in [6, 6.07) is 10.9. The van der Waals surface area contributed by atoms with Gasteiger partial charge in [0.05, 0.1) is 24.3 Å². The number of carbonyl (C=O) groups excluding carboxylic acids is 1. The van der Waals surface area contributed by atoms with Crippen molar-refractivity contribution in [1.29, 1.82) is 0 Å². The Kier molecular flexibility index (Phi) is 6.23. The lowest BCUT2D eigenvalue weighted by molar-refractivity contribution is -0.138. The molecule has 0 aliphatic carbocycles. The number of aliphatic imine (C=N–C) groups is 1. The highest BCUT2D eigenvalue weighted by Crippen LogP contribution is 2.41. The lowest BCUT2D eigenvalue weighted by Gasteiger charge is -2.04. The van der Waals surface area contributed by atoms with E-state index in [1.54, 1.807) is 31.2 Å². The molecule has 1 aliphatic rings. The van der Waals surface area contributed by atoms with E-state index in [0.717, 1.165) is 17.8 Å². The summed E-state index contributed by atoms with van der Waals surface area (Å²) in [4.78, 5) is 17.1. The number of esters is 1. The molecule has 0 aromatic heterocycles. The number of aromatic hydroxyl groups is 1. The van der Waals surface area contributed by atoms with Crippen molar-refractivity contribution in [3.63, 3.8) is 0 Å². The summed E-state index contributed by atoms with van der Waals surface area (Å²) in [7, 11) is 1.53. The maximum atomic E-state index is 13.6. The molecule has 0 saturated heterocycles. The maximum absolute atomic E-state index is 13.6. The van der Waals surface area contributed by atoms with Crippen LogP contribution in [0.1, 0.15) is 12.5 Å². The molecule has 1 heterocycles. The average molecular weight is 415 g/mol. The summed E-state index contributed by atoms with van der Waals surface area (Å²) >= 11 is 1.01. The van der Waals surface area contributed by atoms with Crippen LogP contribution < -0.4 is 4.74 Å². The average Bonchev–Trinajstić information content (AvgIpc) is 3.00. The van der Waals surface area contributed by atoms with Crippen molar-refractivity contribution in [2.24, 2.45) is 4.99 Å². The second-order valence-corrected chi connectivity index (χ2v) is 6.88. The van der Waals surface area contributed by atoms with Gasteiger partial charge in [-0.15, -0.1) is 0 Å². The molecule has 0 radical (unpaired) electrons. The standard InChI is InChI=1S/C21H18FNO5S/c1-3-28-21(26)17-19(25)16(10-12-6-4-9-15(22)18(12)24)29-20(17)23-13-7-5-8-14(11-13)27-2/h4-11,24-25H,3H2,1-2H3/b16-10+,23-20?. The molecule has 0 spiro atoms. The van der Waals surface area contributed by atoms with E-state index < -0.39 is 17.5 Å². The first-order chi connectivity index (χ1) is 13.9. The van der Waals surface area contributed by atoms with Gasteiger partial charge >= 0.3 is 5.97 Å². The van der Waals surface area contributed by atoms with E-state index in [1.807, 2.05) is 0 Å². The van der Waals surface area contributed by atoms with Crippen molar-refractivity contribution in [2.75, 3.05) is 13.7 Å². The first-order valence-electron chi connectivity index (χ1n) is 8.65. The zero-order valence-corrected chi connectivity index (χ0v) is 16.5. The number of rotatable bonds is 5. The van der Waals surface area contributed by atoms with Gasteiger partial charge in [-0.2, -0.15) is 0 Å². The summed E-state index contributed by atoms with van der Waals surface area (Å²) < 4.78 is 23.8. The molecule has 3 rings (SSSR count). The van der Waals surface area contributed by atoms with Crippen molar-refractivity contribution < 1.29 is 28.9 Å². The second kappa shape index (κ2) is 8.83. The number of aliphatic hydroxyl groups excluding tert-OH is 1. The first-order valence-corrected chi connectivity index (χ1v) is 9.47. The summed E-state index contributed by atoms with van der Waals surface area (Å²) in [5.41, 5.74) is 0.572. The number of phenols is 1. The lowest BCUT2D eigenvalue weighted by atomic mass is 10.1. The second-order valence-electron chi connectivity index (χ2n) is 5.85. The Hall–Kier alpha value is -3.26. The molecule has 150 valence electrons. The molecule has 2 aromatic carbocycles. The molecule has 6 nitrogen and oxygen atoms in total. The van der Waals surface area contributed by atoms with Crippen molar-refractivity contribution in [1.82, 2.24) is 0 Å². The highest BCUT2D eigenvalue weighted by atomic mass is 32.2. The number of carbonyl (C=O) groups is 1. The predicted octanol–water partition coefficient (Wildman–Crippen LogP) is 4.73. The van der Waals surface area contributed by atoms with Crippen molar-refractivity contribution in [3.05, 3.63) is 70.1 Å². The smallest absolute Gasteiger partial charge is 0.344 e. The van der Waals surface area contributed by atoms with E-state index in [4.69, 9.17) is 9.47 Å². The number of benzene rings is 2. The van der Waals surface area contributed by atoms with Gasteiger partial charge in [-0.25, -0.2) is 14.2 Å². The normalized spacial score (nSPS) is 16.5. The highest BCUT2D eigenvalue weighted by molar-refractivity contribution is 8.18. The number of nitrogens with zero attached hydrogens (tertiary/aromatic N) is 1. The molecule has 2 aromatic rings. The van der Waals surface area contributed by atoms with Crippen LogP contribution in [0.5, 0.6) is 11.5 Å². The molecule has 1 aliphatic heterocycles. The highest BCUT2D eigenvalue weighted by Gasteiger charge is 2.33. The molecule has 0 bridgehead atoms. The number of methoxy groups -OCH3 is 1. The Morgan fingerprint density at radius 2 is 2.00 bits per heavy atom. The van der Waals surface area contributed by atoms with Gasteiger partial charge in [0.15, 0.2) is 11.6 Å². The molecule has 0 saturated carbocycles. The minimum Gasteiger partial charge on any atom is -0.506 e.